The lowest BCUT2D eigenvalue weighted by atomic mass is 9.92. The Hall–Kier alpha value is -2.25. The number of aromatic nitrogens is 1. The molecule has 8 heteroatoms. The fourth-order valence-corrected chi connectivity index (χ4v) is 5.18. The highest BCUT2D eigenvalue weighted by Crippen LogP contribution is 2.37. The average Bonchev–Trinajstić information content (AvgIpc) is 3.31. The topological polar surface area (TPSA) is 76.6 Å². The molecule has 1 fully saturated rings. The number of furan rings is 1. The summed E-state index contributed by atoms with van der Waals surface area (Å²) in [7, 11) is -3.89. The van der Waals surface area contributed by atoms with Gasteiger partial charge in [-0.3, -0.25) is 0 Å². The largest absolute Gasteiger partial charge is 0.459 e. The first kappa shape index (κ1) is 19.1. The summed E-state index contributed by atoms with van der Waals surface area (Å²) in [5, 5.41) is 0.372. The van der Waals surface area contributed by atoms with Crippen molar-refractivity contribution in [2.45, 2.75) is 30.2 Å². The number of benzene rings is 1. The first-order valence-corrected chi connectivity index (χ1v) is 11.0. The summed E-state index contributed by atoms with van der Waals surface area (Å²) in [5.41, 5.74) is 0. The van der Waals surface area contributed by atoms with E-state index >= 15 is 0 Å². The maximum absolute atomic E-state index is 13.3. The maximum Gasteiger partial charge on any atom is 0.266 e. The number of oxazole rings is 1. The molecule has 3 heterocycles. The van der Waals surface area contributed by atoms with Gasteiger partial charge in [0.25, 0.3) is 5.89 Å². The molecule has 0 amide bonds. The van der Waals surface area contributed by atoms with Crippen LogP contribution in [0.5, 0.6) is 0 Å². The summed E-state index contributed by atoms with van der Waals surface area (Å²) in [6.45, 7) is 5.72. The van der Waals surface area contributed by atoms with Gasteiger partial charge in [0.05, 0.1) is 11.2 Å². The lowest BCUT2D eigenvalue weighted by Crippen LogP contribution is -2.39. The average molecular weight is 421 g/mol. The van der Waals surface area contributed by atoms with Gasteiger partial charge in [-0.1, -0.05) is 25.4 Å². The van der Waals surface area contributed by atoms with Gasteiger partial charge in [0, 0.05) is 18.1 Å². The van der Waals surface area contributed by atoms with Gasteiger partial charge >= 0.3 is 0 Å². The molecule has 6 nitrogen and oxygen atoms in total. The third-order valence-electron chi connectivity index (χ3n) is 4.85. The molecular weight excluding hydrogens is 400 g/mol. The van der Waals surface area contributed by atoms with Gasteiger partial charge < -0.3 is 13.7 Å². The monoisotopic (exact) mass is 420 g/mol. The minimum Gasteiger partial charge on any atom is -0.459 e. The molecule has 1 aliphatic heterocycles. The molecule has 2 unspecified atom stereocenters. The quantitative estimate of drug-likeness (QED) is 0.597. The molecule has 28 heavy (non-hydrogen) atoms. The van der Waals surface area contributed by atoms with Gasteiger partial charge in [0.15, 0.2) is 5.76 Å². The summed E-state index contributed by atoms with van der Waals surface area (Å²) in [5.74, 6) is 1.65. The Morgan fingerprint density at radius 1 is 1.11 bits per heavy atom. The first-order valence-electron chi connectivity index (χ1n) is 9.15. The summed E-state index contributed by atoms with van der Waals surface area (Å²) < 4.78 is 38.0. The Morgan fingerprint density at radius 2 is 1.79 bits per heavy atom. The fraction of sp³-hybridized carbons (Fsp3) is 0.350. The summed E-state index contributed by atoms with van der Waals surface area (Å²) in [6.07, 6.45) is 2.59. The third-order valence-corrected chi connectivity index (χ3v) is 6.77. The molecule has 1 aromatic carbocycles. The van der Waals surface area contributed by atoms with Crippen LogP contribution < -0.4 is 4.90 Å². The van der Waals surface area contributed by atoms with Crippen LogP contribution in [0.3, 0.4) is 0 Å². The van der Waals surface area contributed by atoms with Gasteiger partial charge in [-0.05, 0) is 54.7 Å². The zero-order chi connectivity index (χ0) is 19.9. The van der Waals surface area contributed by atoms with Gasteiger partial charge in [-0.25, -0.2) is 8.42 Å². The van der Waals surface area contributed by atoms with Gasteiger partial charge in [-0.15, -0.1) is 0 Å². The molecule has 0 N–H and O–H groups in total. The van der Waals surface area contributed by atoms with E-state index in [0.29, 0.717) is 35.7 Å². The molecule has 2 atom stereocenters. The van der Waals surface area contributed by atoms with Crippen LogP contribution >= 0.6 is 11.6 Å². The number of anilines is 1. The number of hydrogen-bond acceptors (Lipinski definition) is 6. The first-order chi connectivity index (χ1) is 13.3. The number of sulfone groups is 1. The van der Waals surface area contributed by atoms with Crippen LogP contribution in [0.1, 0.15) is 20.3 Å². The van der Waals surface area contributed by atoms with Crippen LogP contribution in [0, 0.1) is 11.8 Å². The van der Waals surface area contributed by atoms with E-state index in [2.05, 4.69) is 18.8 Å². The molecule has 4 rings (SSSR count). The number of piperidine rings is 1. The van der Waals surface area contributed by atoms with Crippen molar-refractivity contribution in [3.8, 4) is 11.7 Å². The summed E-state index contributed by atoms with van der Waals surface area (Å²) in [6, 6.07) is 9.45. The van der Waals surface area contributed by atoms with E-state index in [0.717, 1.165) is 6.42 Å². The second-order valence-electron chi connectivity index (χ2n) is 7.42. The maximum atomic E-state index is 13.3. The molecular formula is C20H21ClN2O4S. The van der Waals surface area contributed by atoms with Gasteiger partial charge in [0.1, 0.15) is 0 Å². The Bertz CT molecular complexity index is 1050. The Balaban J connectivity index is 1.84. The molecule has 0 spiro atoms. The standard InChI is InChI=1S/C20H21ClN2O4S/c1-13-10-14(2)12-23(11-13)20-19(22-18(27-20)17-4-3-9-26-17)28(24,25)16-7-5-15(21)6-8-16/h3-9,13-14H,10-12H2,1-2H3. The van der Waals surface area contributed by atoms with Crippen LogP contribution in [0.2, 0.25) is 5.02 Å². The zero-order valence-corrected chi connectivity index (χ0v) is 17.2. The van der Waals surface area contributed by atoms with Crippen molar-refractivity contribution >= 4 is 27.3 Å². The van der Waals surface area contributed by atoms with E-state index in [-0.39, 0.29) is 21.7 Å². The van der Waals surface area contributed by atoms with Crippen LogP contribution in [0.4, 0.5) is 5.88 Å². The van der Waals surface area contributed by atoms with Crippen molar-refractivity contribution in [1.82, 2.24) is 4.98 Å². The molecule has 0 saturated carbocycles. The van der Waals surface area contributed by atoms with E-state index < -0.39 is 9.84 Å². The van der Waals surface area contributed by atoms with Crippen LogP contribution in [0.15, 0.2) is 61.4 Å². The lowest BCUT2D eigenvalue weighted by Gasteiger charge is -2.34. The molecule has 0 radical (unpaired) electrons. The second-order valence-corrected chi connectivity index (χ2v) is 9.72. The molecule has 0 bridgehead atoms. The molecule has 0 aliphatic carbocycles. The SMILES string of the molecule is CC1CC(C)CN(c2oc(-c3ccco3)nc2S(=O)(=O)c2ccc(Cl)cc2)C1. The highest BCUT2D eigenvalue weighted by atomic mass is 35.5. The van der Waals surface area contributed by atoms with Crippen molar-refractivity contribution in [3.05, 3.63) is 47.7 Å². The number of hydrogen-bond donors (Lipinski definition) is 0. The van der Waals surface area contributed by atoms with Crippen molar-refractivity contribution in [1.29, 1.82) is 0 Å². The van der Waals surface area contributed by atoms with Crippen molar-refractivity contribution < 1.29 is 17.3 Å². The van der Waals surface area contributed by atoms with E-state index in [9.17, 15) is 8.42 Å². The minimum absolute atomic E-state index is 0.0949. The third kappa shape index (κ3) is 3.56. The van der Waals surface area contributed by atoms with Crippen molar-refractivity contribution in [2.24, 2.45) is 11.8 Å². The van der Waals surface area contributed by atoms with Crippen LogP contribution in [0.25, 0.3) is 11.7 Å². The molecule has 1 aliphatic rings. The molecule has 2 aromatic heterocycles. The Kier molecular flexibility index (Phi) is 4.97. The van der Waals surface area contributed by atoms with E-state index in [1.54, 1.807) is 24.3 Å². The molecule has 1 saturated heterocycles. The van der Waals surface area contributed by atoms with Gasteiger partial charge in [-0.2, -0.15) is 4.98 Å². The van der Waals surface area contributed by atoms with E-state index in [1.807, 2.05) is 4.90 Å². The summed E-state index contributed by atoms with van der Waals surface area (Å²) in [4.78, 5) is 6.42. The molecule has 148 valence electrons. The Morgan fingerprint density at radius 3 is 2.39 bits per heavy atom. The highest BCUT2D eigenvalue weighted by molar-refractivity contribution is 7.91. The van der Waals surface area contributed by atoms with Crippen LogP contribution in [-0.2, 0) is 9.84 Å². The number of halogens is 1. The van der Waals surface area contributed by atoms with Crippen LogP contribution in [-0.4, -0.2) is 26.5 Å². The lowest BCUT2D eigenvalue weighted by molar-refractivity contribution is 0.342. The highest BCUT2D eigenvalue weighted by Gasteiger charge is 2.34. The Labute approximate surface area is 169 Å². The van der Waals surface area contributed by atoms with Crippen molar-refractivity contribution in [2.75, 3.05) is 18.0 Å². The van der Waals surface area contributed by atoms with Gasteiger partial charge in [0.2, 0.25) is 20.7 Å². The number of rotatable bonds is 4. The van der Waals surface area contributed by atoms with E-state index in [4.69, 9.17) is 20.4 Å². The zero-order valence-electron chi connectivity index (χ0n) is 15.6. The minimum atomic E-state index is -3.89. The predicted octanol–water partition coefficient (Wildman–Crippen LogP) is 4.90. The molecule has 3 aromatic rings. The van der Waals surface area contributed by atoms with E-state index in [1.165, 1.54) is 18.4 Å². The smallest absolute Gasteiger partial charge is 0.266 e. The summed E-state index contributed by atoms with van der Waals surface area (Å²) >= 11 is 5.91. The normalized spacial score (nSPS) is 20.5. The number of nitrogens with zero attached hydrogens (tertiary/aromatic N) is 2. The van der Waals surface area contributed by atoms with Crippen molar-refractivity contribution in [3.63, 3.8) is 0 Å². The fourth-order valence-electron chi connectivity index (χ4n) is 3.73. The second kappa shape index (κ2) is 7.29. The predicted molar refractivity (Wildman–Crippen MR) is 106 cm³/mol.